The van der Waals surface area contributed by atoms with Crippen LogP contribution in [-0.4, -0.2) is 4.40 Å². The number of fused-ring (bicyclic) bond motifs is 3. The van der Waals surface area contributed by atoms with Crippen molar-refractivity contribution < 1.29 is 0 Å². The zero-order valence-electron chi connectivity index (χ0n) is 7.64. The standard InChI is InChI=1S/C12H10N2/c13-11-5-3-6-12-10(11)8-9-4-1-2-7-14(9)12/h1-8H,13H2. The molecule has 1 aromatic carbocycles. The summed E-state index contributed by atoms with van der Waals surface area (Å²) >= 11 is 0. The van der Waals surface area contributed by atoms with Gasteiger partial charge in [0.15, 0.2) is 0 Å². The summed E-state index contributed by atoms with van der Waals surface area (Å²) in [7, 11) is 0. The number of pyridine rings is 1. The summed E-state index contributed by atoms with van der Waals surface area (Å²) in [5, 5.41) is 1.12. The Bertz CT molecular complexity index is 608. The van der Waals surface area contributed by atoms with Crippen LogP contribution in [0, 0.1) is 0 Å². The second-order valence-electron chi connectivity index (χ2n) is 3.42. The smallest absolute Gasteiger partial charge is 0.0549 e. The molecule has 0 aliphatic rings. The van der Waals surface area contributed by atoms with Crippen LogP contribution in [0.15, 0.2) is 48.7 Å². The third kappa shape index (κ3) is 0.852. The first kappa shape index (κ1) is 7.44. The molecular formula is C12H10N2. The van der Waals surface area contributed by atoms with E-state index in [4.69, 9.17) is 5.73 Å². The van der Waals surface area contributed by atoms with Gasteiger partial charge in [0, 0.05) is 22.8 Å². The van der Waals surface area contributed by atoms with Crippen molar-refractivity contribution in [3.63, 3.8) is 0 Å². The normalized spacial score (nSPS) is 11.1. The van der Waals surface area contributed by atoms with Crippen molar-refractivity contribution in [2.24, 2.45) is 0 Å². The maximum Gasteiger partial charge on any atom is 0.0549 e. The molecule has 2 heterocycles. The molecule has 0 spiro atoms. The quantitative estimate of drug-likeness (QED) is 0.532. The molecule has 2 aromatic heterocycles. The second-order valence-corrected chi connectivity index (χ2v) is 3.42. The summed E-state index contributed by atoms with van der Waals surface area (Å²) in [6, 6.07) is 14.3. The largest absolute Gasteiger partial charge is 0.398 e. The van der Waals surface area contributed by atoms with Crippen LogP contribution in [0.25, 0.3) is 16.4 Å². The number of hydrogen-bond acceptors (Lipinski definition) is 1. The van der Waals surface area contributed by atoms with Crippen LogP contribution < -0.4 is 5.73 Å². The van der Waals surface area contributed by atoms with Crippen LogP contribution in [0.5, 0.6) is 0 Å². The lowest BCUT2D eigenvalue weighted by Gasteiger charge is -1.96. The van der Waals surface area contributed by atoms with Crippen molar-refractivity contribution in [2.75, 3.05) is 5.73 Å². The van der Waals surface area contributed by atoms with E-state index in [0.717, 1.165) is 11.1 Å². The Morgan fingerprint density at radius 1 is 1.00 bits per heavy atom. The van der Waals surface area contributed by atoms with Crippen LogP contribution in [0.2, 0.25) is 0 Å². The van der Waals surface area contributed by atoms with Gasteiger partial charge >= 0.3 is 0 Å². The Morgan fingerprint density at radius 3 is 2.86 bits per heavy atom. The SMILES string of the molecule is Nc1cccc2c1cc1ccccn12. The molecule has 0 aliphatic heterocycles. The highest BCUT2D eigenvalue weighted by Gasteiger charge is 2.02. The average Bonchev–Trinajstić information content (AvgIpc) is 2.59. The lowest BCUT2D eigenvalue weighted by Crippen LogP contribution is -1.85. The number of anilines is 1. The summed E-state index contributed by atoms with van der Waals surface area (Å²) in [5.41, 5.74) is 9.09. The Hall–Kier alpha value is -1.96. The van der Waals surface area contributed by atoms with Crippen molar-refractivity contribution in [3.05, 3.63) is 48.7 Å². The van der Waals surface area contributed by atoms with E-state index in [1.807, 2.05) is 24.3 Å². The molecule has 0 bridgehead atoms. The lowest BCUT2D eigenvalue weighted by molar-refractivity contribution is 1.25. The number of nitrogens with zero attached hydrogens (tertiary/aromatic N) is 1. The number of rotatable bonds is 0. The van der Waals surface area contributed by atoms with E-state index in [-0.39, 0.29) is 0 Å². The van der Waals surface area contributed by atoms with E-state index in [2.05, 4.69) is 28.8 Å². The molecule has 3 aromatic rings. The Kier molecular flexibility index (Phi) is 1.34. The molecule has 0 unspecified atom stereocenters. The fourth-order valence-corrected chi connectivity index (χ4v) is 1.88. The molecule has 0 saturated carbocycles. The highest BCUT2D eigenvalue weighted by atomic mass is 14.9. The monoisotopic (exact) mass is 182 g/mol. The maximum atomic E-state index is 5.91. The third-order valence-electron chi connectivity index (χ3n) is 2.56. The number of nitrogen functional groups attached to an aromatic ring is 1. The highest BCUT2D eigenvalue weighted by Crippen LogP contribution is 2.24. The number of nitrogens with two attached hydrogens (primary N) is 1. The molecule has 14 heavy (non-hydrogen) atoms. The molecule has 2 nitrogen and oxygen atoms in total. The van der Waals surface area contributed by atoms with E-state index in [9.17, 15) is 0 Å². The van der Waals surface area contributed by atoms with Gasteiger partial charge in [0.1, 0.15) is 0 Å². The number of aromatic nitrogens is 1. The topological polar surface area (TPSA) is 30.4 Å². The molecule has 0 radical (unpaired) electrons. The first-order valence-corrected chi connectivity index (χ1v) is 4.60. The van der Waals surface area contributed by atoms with Gasteiger partial charge in [-0.15, -0.1) is 0 Å². The zero-order chi connectivity index (χ0) is 9.54. The van der Waals surface area contributed by atoms with E-state index >= 15 is 0 Å². The summed E-state index contributed by atoms with van der Waals surface area (Å²) < 4.78 is 2.14. The van der Waals surface area contributed by atoms with Crippen molar-refractivity contribution in [2.45, 2.75) is 0 Å². The Morgan fingerprint density at radius 2 is 1.93 bits per heavy atom. The van der Waals surface area contributed by atoms with E-state index < -0.39 is 0 Å². The summed E-state index contributed by atoms with van der Waals surface area (Å²) in [6.07, 6.45) is 2.05. The Labute approximate surface area is 81.6 Å². The van der Waals surface area contributed by atoms with E-state index in [1.54, 1.807) is 0 Å². The zero-order valence-corrected chi connectivity index (χ0v) is 7.64. The number of benzene rings is 1. The van der Waals surface area contributed by atoms with Gasteiger partial charge < -0.3 is 10.1 Å². The molecule has 0 aliphatic carbocycles. The van der Waals surface area contributed by atoms with Gasteiger partial charge in [-0.1, -0.05) is 12.1 Å². The van der Waals surface area contributed by atoms with Gasteiger partial charge in [-0.3, -0.25) is 0 Å². The first-order chi connectivity index (χ1) is 6.86. The number of hydrogen-bond donors (Lipinski definition) is 1. The molecule has 3 rings (SSSR count). The fourth-order valence-electron chi connectivity index (χ4n) is 1.88. The first-order valence-electron chi connectivity index (χ1n) is 4.60. The van der Waals surface area contributed by atoms with Crippen molar-refractivity contribution in [1.82, 2.24) is 4.40 Å². The highest BCUT2D eigenvalue weighted by molar-refractivity contribution is 5.95. The molecule has 0 amide bonds. The van der Waals surface area contributed by atoms with Gasteiger partial charge in [0.25, 0.3) is 0 Å². The average molecular weight is 182 g/mol. The molecule has 2 N–H and O–H groups in total. The molecular weight excluding hydrogens is 172 g/mol. The minimum atomic E-state index is 0.839. The Balaban J connectivity index is 2.63. The summed E-state index contributed by atoms with van der Waals surface area (Å²) in [5.74, 6) is 0. The van der Waals surface area contributed by atoms with Crippen molar-refractivity contribution in [1.29, 1.82) is 0 Å². The minimum Gasteiger partial charge on any atom is -0.398 e. The molecule has 2 heteroatoms. The minimum absolute atomic E-state index is 0.839. The van der Waals surface area contributed by atoms with Crippen LogP contribution in [0.1, 0.15) is 0 Å². The van der Waals surface area contributed by atoms with Gasteiger partial charge in [0.05, 0.1) is 5.52 Å². The predicted molar refractivity (Wildman–Crippen MR) is 59.3 cm³/mol. The molecule has 0 saturated heterocycles. The predicted octanol–water partition coefficient (Wildman–Crippen LogP) is 2.67. The van der Waals surface area contributed by atoms with Crippen molar-refractivity contribution in [3.8, 4) is 0 Å². The van der Waals surface area contributed by atoms with Crippen LogP contribution in [-0.2, 0) is 0 Å². The van der Waals surface area contributed by atoms with E-state index in [1.165, 1.54) is 11.0 Å². The third-order valence-corrected chi connectivity index (χ3v) is 2.56. The molecule has 0 atom stereocenters. The lowest BCUT2D eigenvalue weighted by atomic mass is 10.2. The van der Waals surface area contributed by atoms with Crippen LogP contribution in [0.3, 0.4) is 0 Å². The van der Waals surface area contributed by atoms with Gasteiger partial charge in [-0.2, -0.15) is 0 Å². The summed E-state index contributed by atoms with van der Waals surface area (Å²) in [4.78, 5) is 0. The van der Waals surface area contributed by atoms with Crippen LogP contribution >= 0.6 is 0 Å². The summed E-state index contributed by atoms with van der Waals surface area (Å²) in [6.45, 7) is 0. The van der Waals surface area contributed by atoms with Gasteiger partial charge in [0.2, 0.25) is 0 Å². The van der Waals surface area contributed by atoms with Crippen molar-refractivity contribution >= 4 is 22.1 Å². The van der Waals surface area contributed by atoms with Gasteiger partial charge in [-0.05, 0) is 30.3 Å². The molecule has 68 valence electrons. The fraction of sp³-hybridized carbons (Fsp3) is 0. The molecule has 0 fully saturated rings. The van der Waals surface area contributed by atoms with Gasteiger partial charge in [-0.25, -0.2) is 0 Å². The second kappa shape index (κ2) is 2.51. The van der Waals surface area contributed by atoms with E-state index in [0.29, 0.717) is 0 Å². The maximum absolute atomic E-state index is 5.91. The van der Waals surface area contributed by atoms with Crippen LogP contribution in [0.4, 0.5) is 5.69 Å².